The smallest absolute Gasteiger partial charge is 0.152 e. The zero-order valence-electron chi connectivity index (χ0n) is 10.2. The van der Waals surface area contributed by atoms with Crippen LogP contribution in [0.3, 0.4) is 0 Å². The molecule has 0 amide bonds. The molecule has 1 saturated heterocycles. The number of morpholine rings is 1. The first-order valence-corrected chi connectivity index (χ1v) is 6.27. The molecule has 0 radical (unpaired) electrons. The van der Waals surface area contributed by atoms with Crippen LogP contribution in [-0.2, 0) is 4.74 Å². The number of nitrogens with zero attached hydrogens (tertiary/aromatic N) is 1. The quantitative estimate of drug-likeness (QED) is 0.850. The lowest BCUT2D eigenvalue weighted by Crippen LogP contribution is -2.50. The van der Waals surface area contributed by atoms with E-state index in [4.69, 9.17) is 16.3 Å². The highest BCUT2D eigenvalue weighted by Gasteiger charge is 2.27. The lowest BCUT2D eigenvalue weighted by atomic mass is 10.1. The molecule has 1 aliphatic rings. The number of aldehydes is 1. The maximum absolute atomic E-state index is 11.1. The number of carbonyl (C=O) groups excluding carboxylic acids is 1. The molecule has 1 heterocycles. The first kappa shape index (κ1) is 13.3. The Bertz CT molecular complexity index is 438. The fourth-order valence-corrected chi connectivity index (χ4v) is 2.30. The predicted octanol–water partition coefficient (Wildman–Crippen LogP) is 1.74. The van der Waals surface area contributed by atoms with Crippen molar-refractivity contribution in [1.29, 1.82) is 0 Å². The van der Waals surface area contributed by atoms with E-state index >= 15 is 0 Å². The van der Waals surface area contributed by atoms with Gasteiger partial charge in [-0.3, -0.25) is 4.79 Å². The zero-order chi connectivity index (χ0) is 13.1. The normalized spacial score (nSPS) is 24.1. The molecule has 0 aromatic heterocycles. The van der Waals surface area contributed by atoms with E-state index in [2.05, 4.69) is 4.90 Å². The number of aliphatic hydroxyl groups excluding tert-OH is 1. The first-order valence-electron chi connectivity index (χ1n) is 5.89. The van der Waals surface area contributed by atoms with Crippen LogP contribution in [0.15, 0.2) is 18.2 Å². The number of anilines is 1. The van der Waals surface area contributed by atoms with Gasteiger partial charge in [-0.15, -0.1) is 0 Å². The highest BCUT2D eigenvalue weighted by Crippen LogP contribution is 2.27. The van der Waals surface area contributed by atoms with E-state index in [-0.39, 0.29) is 18.8 Å². The van der Waals surface area contributed by atoms with Crippen molar-refractivity contribution in [3.05, 3.63) is 28.8 Å². The van der Waals surface area contributed by atoms with Gasteiger partial charge in [0.2, 0.25) is 0 Å². The van der Waals surface area contributed by atoms with Crippen LogP contribution < -0.4 is 4.90 Å². The molecule has 4 nitrogen and oxygen atoms in total. The molecule has 1 aliphatic heterocycles. The lowest BCUT2D eigenvalue weighted by molar-refractivity contribution is -0.0103. The molecule has 1 aromatic rings. The third kappa shape index (κ3) is 2.66. The summed E-state index contributed by atoms with van der Waals surface area (Å²) in [4.78, 5) is 13.1. The summed E-state index contributed by atoms with van der Waals surface area (Å²) in [6, 6.07) is 5.33. The third-order valence-corrected chi connectivity index (χ3v) is 3.37. The van der Waals surface area contributed by atoms with Crippen molar-refractivity contribution in [2.75, 3.05) is 24.7 Å². The second kappa shape index (κ2) is 5.69. The number of carbonyl (C=O) groups is 1. The van der Waals surface area contributed by atoms with Crippen LogP contribution in [0.2, 0.25) is 5.02 Å². The number of ether oxygens (including phenoxy) is 1. The molecule has 2 unspecified atom stereocenters. The number of hydrogen-bond acceptors (Lipinski definition) is 4. The van der Waals surface area contributed by atoms with Crippen molar-refractivity contribution in [3.63, 3.8) is 0 Å². The van der Waals surface area contributed by atoms with E-state index in [9.17, 15) is 9.90 Å². The van der Waals surface area contributed by atoms with E-state index in [1.165, 1.54) is 0 Å². The topological polar surface area (TPSA) is 49.8 Å². The van der Waals surface area contributed by atoms with E-state index < -0.39 is 0 Å². The average molecular weight is 270 g/mol. The van der Waals surface area contributed by atoms with Gasteiger partial charge < -0.3 is 14.7 Å². The van der Waals surface area contributed by atoms with Crippen LogP contribution in [0, 0.1) is 0 Å². The average Bonchev–Trinajstić information content (AvgIpc) is 2.39. The largest absolute Gasteiger partial charge is 0.394 e. The molecule has 1 fully saturated rings. The van der Waals surface area contributed by atoms with E-state index in [1.807, 2.05) is 6.92 Å². The molecule has 0 spiro atoms. The molecule has 98 valence electrons. The zero-order valence-corrected chi connectivity index (χ0v) is 10.9. The molecule has 1 aromatic carbocycles. The Morgan fingerprint density at radius 1 is 1.61 bits per heavy atom. The molecule has 2 atom stereocenters. The standard InChI is InChI=1S/C13H16ClNO3/c1-9-8-18-12(7-17)5-15(9)13-4-11(14)3-2-10(13)6-16/h2-4,6,9,12,17H,5,7-8H2,1H3. The van der Waals surface area contributed by atoms with Crippen molar-refractivity contribution in [2.24, 2.45) is 0 Å². The van der Waals surface area contributed by atoms with Gasteiger partial charge in [-0.1, -0.05) is 11.6 Å². The summed E-state index contributed by atoms with van der Waals surface area (Å²) in [7, 11) is 0. The minimum atomic E-state index is -0.223. The third-order valence-electron chi connectivity index (χ3n) is 3.14. The molecule has 0 bridgehead atoms. The van der Waals surface area contributed by atoms with E-state index in [0.29, 0.717) is 23.7 Å². The van der Waals surface area contributed by atoms with Crippen molar-refractivity contribution in [1.82, 2.24) is 0 Å². The van der Waals surface area contributed by atoms with Gasteiger partial charge in [-0.25, -0.2) is 0 Å². The Morgan fingerprint density at radius 3 is 3.06 bits per heavy atom. The van der Waals surface area contributed by atoms with Gasteiger partial charge in [-0.05, 0) is 25.1 Å². The Hall–Kier alpha value is -1.10. The first-order chi connectivity index (χ1) is 8.65. The van der Waals surface area contributed by atoms with Crippen LogP contribution in [0.25, 0.3) is 0 Å². The summed E-state index contributed by atoms with van der Waals surface area (Å²) in [5, 5.41) is 9.77. The Morgan fingerprint density at radius 2 is 2.39 bits per heavy atom. The summed E-state index contributed by atoms with van der Waals surface area (Å²) in [6.07, 6.45) is 0.599. The number of benzene rings is 1. The summed E-state index contributed by atoms with van der Waals surface area (Å²) < 4.78 is 5.48. The van der Waals surface area contributed by atoms with E-state index in [0.717, 1.165) is 12.0 Å². The van der Waals surface area contributed by atoms with Gasteiger partial charge in [-0.2, -0.15) is 0 Å². The van der Waals surface area contributed by atoms with Crippen LogP contribution in [-0.4, -0.2) is 43.3 Å². The number of rotatable bonds is 3. The minimum absolute atomic E-state index is 0.0276. The van der Waals surface area contributed by atoms with Crippen molar-refractivity contribution < 1.29 is 14.6 Å². The van der Waals surface area contributed by atoms with Crippen molar-refractivity contribution in [3.8, 4) is 0 Å². The fourth-order valence-electron chi connectivity index (χ4n) is 2.13. The Labute approximate surface area is 111 Å². The number of aliphatic hydroxyl groups is 1. The predicted molar refractivity (Wildman–Crippen MR) is 70.5 cm³/mol. The molecule has 1 N–H and O–H groups in total. The highest BCUT2D eigenvalue weighted by molar-refractivity contribution is 6.31. The second-order valence-corrected chi connectivity index (χ2v) is 4.90. The summed E-state index contributed by atoms with van der Waals surface area (Å²) in [6.45, 7) is 3.07. The Balaban J connectivity index is 2.33. The molecule has 0 aliphatic carbocycles. The monoisotopic (exact) mass is 269 g/mol. The van der Waals surface area contributed by atoms with Gasteiger partial charge in [0.1, 0.15) is 0 Å². The Kier molecular flexibility index (Phi) is 4.22. The van der Waals surface area contributed by atoms with Crippen LogP contribution >= 0.6 is 11.6 Å². The number of halogens is 1. The van der Waals surface area contributed by atoms with Gasteiger partial charge in [0.25, 0.3) is 0 Å². The summed E-state index contributed by atoms with van der Waals surface area (Å²) in [5.74, 6) is 0. The summed E-state index contributed by atoms with van der Waals surface area (Å²) in [5.41, 5.74) is 1.40. The van der Waals surface area contributed by atoms with Crippen LogP contribution in [0.5, 0.6) is 0 Å². The summed E-state index contributed by atoms with van der Waals surface area (Å²) >= 11 is 5.99. The molecule has 18 heavy (non-hydrogen) atoms. The van der Waals surface area contributed by atoms with E-state index in [1.54, 1.807) is 18.2 Å². The van der Waals surface area contributed by atoms with Gasteiger partial charge in [0, 0.05) is 28.9 Å². The maximum atomic E-state index is 11.1. The lowest BCUT2D eigenvalue weighted by Gasteiger charge is -2.39. The molecule has 2 rings (SSSR count). The fraction of sp³-hybridized carbons (Fsp3) is 0.462. The van der Waals surface area contributed by atoms with Gasteiger partial charge >= 0.3 is 0 Å². The van der Waals surface area contributed by atoms with Crippen LogP contribution in [0.1, 0.15) is 17.3 Å². The van der Waals surface area contributed by atoms with Gasteiger partial charge in [0.05, 0.1) is 19.3 Å². The molecular weight excluding hydrogens is 254 g/mol. The second-order valence-electron chi connectivity index (χ2n) is 4.46. The number of hydrogen-bond donors (Lipinski definition) is 1. The van der Waals surface area contributed by atoms with Crippen molar-refractivity contribution >= 4 is 23.6 Å². The minimum Gasteiger partial charge on any atom is -0.394 e. The highest BCUT2D eigenvalue weighted by atomic mass is 35.5. The maximum Gasteiger partial charge on any atom is 0.152 e. The molecule has 0 saturated carbocycles. The molecule has 5 heteroatoms. The SMILES string of the molecule is CC1COC(CO)CN1c1cc(Cl)ccc1C=O. The van der Waals surface area contributed by atoms with Crippen LogP contribution in [0.4, 0.5) is 5.69 Å². The van der Waals surface area contributed by atoms with Gasteiger partial charge in [0.15, 0.2) is 6.29 Å². The van der Waals surface area contributed by atoms with Crippen molar-refractivity contribution in [2.45, 2.75) is 19.1 Å². The molecular formula is C13H16ClNO3.